The first kappa shape index (κ1) is 31.4. The van der Waals surface area contributed by atoms with Crippen LogP contribution in [0.25, 0.3) is 81.4 Å². The Morgan fingerprint density at radius 3 is 2.04 bits per heavy atom. The average molecular weight is 926 g/mol. The molecule has 0 atom stereocenters. The second-order valence-corrected chi connectivity index (χ2v) is 18.5. The fourth-order valence-electron chi connectivity index (χ4n) is 7.56. The van der Waals surface area contributed by atoms with Gasteiger partial charge in [-0.15, -0.1) is 0 Å². The van der Waals surface area contributed by atoms with Gasteiger partial charge in [0.1, 0.15) is 0 Å². The van der Waals surface area contributed by atoms with Crippen LogP contribution in [0.3, 0.4) is 0 Å². The summed E-state index contributed by atoms with van der Waals surface area (Å²) in [7, 11) is 0. The van der Waals surface area contributed by atoms with Crippen molar-refractivity contribution in [3.63, 3.8) is 0 Å². The molecule has 52 heavy (non-hydrogen) atoms. The number of hydrogen-bond donors (Lipinski definition) is 0. The van der Waals surface area contributed by atoms with Crippen molar-refractivity contribution in [3.8, 4) is 17.1 Å². The van der Waals surface area contributed by atoms with Gasteiger partial charge in [-0.1, -0.05) is 6.07 Å². The summed E-state index contributed by atoms with van der Waals surface area (Å²) in [5.41, 5.74) is 9.40. The standard InChI is InChI=1S/C43H26GeN5OS.Ir/c1-3-13-27(14-4-1)44(28-15-5-2-6-16-28)49-35-21-10-8-18-30(35)42-41(49)40-38(51-42)25-31-29-17-7-9-20-34(29)48(43(31)47-40)36-26-50-37-23-22-33(46-39(36)37)32-19-11-12-24-45-32;/h1-26H;. The molecule has 0 saturated heterocycles. The Morgan fingerprint density at radius 2 is 1.29 bits per heavy atom. The van der Waals surface area contributed by atoms with Gasteiger partial charge in [0, 0.05) is 26.3 Å². The van der Waals surface area contributed by atoms with Crippen molar-refractivity contribution in [1.29, 1.82) is 0 Å². The molecule has 0 N–H and O–H groups in total. The third-order valence-electron chi connectivity index (χ3n) is 9.76. The molecule has 2 radical (unpaired) electrons. The van der Waals surface area contributed by atoms with Crippen LogP contribution >= 0.6 is 11.3 Å². The summed E-state index contributed by atoms with van der Waals surface area (Å²) in [6.45, 7) is 0. The predicted octanol–water partition coefficient (Wildman–Crippen LogP) is 9.36. The van der Waals surface area contributed by atoms with E-state index in [1.54, 1.807) is 6.20 Å². The number of rotatable bonds is 5. The Labute approximate surface area is 319 Å². The number of aromatic nitrogens is 5. The van der Waals surface area contributed by atoms with Gasteiger partial charge in [0.15, 0.2) is 0 Å². The maximum atomic E-state index is 6.17. The van der Waals surface area contributed by atoms with E-state index in [9.17, 15) is 0 Å². The molecule has 0 amide bonds. The number of thiophene rings is 1. The molecule has 9 heteroatoms. The molecule has 0 aliphatic carbocycles. The van der Waals surface area contributed by atoms with Crippen molar-refractivity contribution in [3.05, 3.63) is 158 Å². The summed E-state index contributed by atoms with van der Waals surface area (Å²) in [5.74, 6) is 0. The molecular formula is C43H26GeIrN5OS. The maximum absolute atomic E-state index is 6.17. The van der Waals surface area contributed by atoms with Crippen LogP contribution in [0.5, 0.6) is 0 Å². The van der Waals surface area contributed by atoms with Crippen LogP contribution in [0.15, 0.2) is 162 Å². The van der Waals surface area contributed by atoms with Crippen molar-refractivity contribution in [2.24, 2.45) is 0 Å². The Hall–Kier alpha value is -5.38. The summed E-state index contributed by atoms with van der Waals surface area (Å²) in [6, 6.07) is 51.7. The quantitative estimate of drug-likeness (QED) is 0.162. The van der Waals surface area contributed by atoms with Crippen molar-refractivity contribution in [2.75, 3.05) is 0 Å². The Kier molecular flexibility index (Phi) is 7.47. The van der Waals surface area contributed by atoms with E-state index in [-0.39, 0.29) is 20.1 Å². The van der Waals surface area contributed by atoms with Crippen molar-refractivity contribution < 1.29 is 24.5 Å². The van der Waals surface area contributed by atoms with Crippen molar-refractivity contribution in [2.45, 2.75) is 0 Å². The molecule has 0 spiro atoms. The summed E-state index contributed by atoms with van der Waals surface area (Å²) >= 11 is -0.554. The summed E-state index contributed by atoms with van der Waals surface area (Å²) in [4.78, 5) is 15.3. The average Bonchev–Trinajstić information content (AvgIpc) is 3.94. The van der Waals surface area contributed by atoms with Gasteiger partial charge in [0.25, 0.3) is 0 Å². The summed E-state index contributed by atoms with van der Waals surface area (Å²) < 4.78 is 16.3. The number of para-hydroxylation sites is 2. The van der Waals surface area contributed by atoms with E-state index >= 15 is 0 Å². The van der Waals surface area contributed by atoms with Crippen LogP contribution in [0, 0.1) is 0 Å². The Balaban J connectivity index is 0.00000338. The second-order valence-electron chi connectivity index (χ2n) is 12.7. The van der Waals surface area contributed by atoms with Crippen LogP contribution in [0.2, 0.25) is 0 Å². The van der Waals surface area contributed by atoms with Gasteiger partial charge < -0.3 is 0 Å². The summed E-state index contributed by atoms with van der Waals surface area (Å²) in [6.07, 6.45) is 3.61. The molecule has 248 valence electrons. The monoisotopic (exact) mass is 927 g/mol. The number of pyridine rings is 3. The first-order chi connectivity index (χ1) is 25.3. The fraction of sp³-hybridized carbons (Fsp3) is 0. The van der Waals surface area contributed by atoms with Crippen LogP contribution in [-0.2, 0) is 20.1 Å². The minimum atomic E-state index is -2.40. The molecule has 0 saturated carbocycles. The number of nitrogens with zero attached hydrogens (tertiary/aromatic N) is 5. The Bertz CT molecular complexity index is 3060. The molecule has 7 heterocycles. The van der Waals surface area contributed by atoms with Gasteiger partial charge in [-0.3, -0.25) is 0 Å². The van der Waals surface area contributed by atoms with Crippen molar-refractivity contribution in [1.82, 2.24) is 23.0 Å². The van der Waals surface area contributed by atoms with E-state index in [0.29, 0.717) is 0 Å². The predicted molar refractivity (Wildman–Crippen MR) is 211 cm³/mol. The van der Waals surface area contributed by atoms with Gasteiger partial charge in [-0.05, 0) is 6.07 Å². The number of furan rings is 1. The van der Waals surface area contributed by atoms with Gasteiger partial charge in [0.2, 0.25) is 0 Å². The van der Waals surface area contributed by atoms with E-state index in [4.69, 9.17) is 14.4 Å². The first-order valence-corrected chi connectivity index (χ1v) is 20.7. The van der Waals surface area contributed by atoms with Gasteiger partial charge in [0.05, 0.1) is 0 Å². The molecule has 0 aliphatic rings. The van der Waals surface area contributed by atoms with E-state index in [2.05, 4.69) is 128 Å². The minimum absolute atomic E-state index is 0. The molecule has 11 rings (SSSR count). The number of benzene rings is 4. The molecule has 4 aromatic carbocycles. The normalized spacial score (nSPS) is 11.9. The Morgan fingerprint density at radius 1 is 0.596 bits per heavy atom. The van der Waals surface area contributed by atoms with Crippen LogP contribution in [-0.4, -0.2) is 37.6 Å². The van der Waals surface area contributed by atoms with E-state index in [1.807, 2.05) is 47.9 Å². The van der Waals surface area contributed by atoms with Gasteiger partial charge in [-0.2, -0.15) is 0 Å². The van der Waals surface area contributed by atoms with E-state index < -0.39 is 14.6 Å². The fourth-order valence-corrected chi connectivity index (χ4v) is 14.7. The summed E-state index contributed by atoms with van der Waals surface area (Å²) in [5, 5.41) is 3.53. The molecule has 0 aliphatic heterocycles. The number of hydrogen-bond acceptors (Lipinski definition) is 5. The topological polar surface area (TPSA) is 61.7 Å². The van der Waals surface area contributed by atoms with Gasteiger partial charge >= 0.3 is 283 Å². The van der Waals surface area contributed by atoms with E-state index in [0.717, 1.165) is 55.6 Å². The van der Waals surface area contributed by atoms with Crippen LogP contribution in [0.4, 0.5) is 0 Å². The third kappa shape index (κ3) is 4.69. The second kappa shape index (κ2) is 12.4. The third-order valence-corrected chi connectivity index (χ3v) is 16.5. The van der Waals surface area contributed by atoms with Gasteiger partial charge in [-0.25, -0.2) is 0 Å². The number of fused-ring (bicyclic) bond motifs is 9. The van der Waals surface area contributed by atoms with E-state index in [1.165, 1.54) is 34.6 Å². The zero-order valence-corrected chi connectivity index (χ0v) is 32.7. The first-order valence-electron chi connectivity index (χ1n) is 16.9. The molecule has 0 fully saturated rings. The van der Waals surface area contributed by atoms with Crippen molar-refractivity contribution >= 4 is 99.1 Å². The zero-order chi connectivity index (χ0) is 33.5. The van der Waals surface area contributed by atoms with Crippen LogP contribution < -0.4 is 8.79 Å². The molecular weight excluding hydrogens is 899 g/mol. The molecule has 11 aromatic rings. The molecule has 0 bridgehead atoms. The molecule has 7 aromatic heterocycles. The van der Waals surface area contributed by atoms with Crippen LogP contribution in [0.1, 0.15) is 0 Å². The SMILES string of the molecule is [Ir].c1cc[c]([Ge]([c]2ccccc2)[n]2c3ccccc3c3sc4cc5c6ccccc6n(-c6coc7ccc(-c8ccccn8)nc67)c5nc4c32)cc1. The zero-order valence-electron chi connectivity index (χ0n) is 27.4. The molecule has 0 unspecified atom stereocenters. The molecule has 6 nitrogen and oxygen atoms in total.